The molecule has 29 heavy (non-hydrogen) atoms. The molecule has 5 rings (SSSR count). The number of nitrogens with one attached hydrogen (secondary N) is 1. The smallest absolute Gasteiger partial charge is 0.232 e. The largest absolute Gasteiger partial charge is 0.313 e. The van der Waals surface area contributed by atoms with Crippen LogP contribution in [-0.2, 0) is 4.79 Å². The van der Waals surface area contributed by atoms with Crippen molar-refractivity contribution in [3.8, 4) is 0 Å². The molecule has 2 bridgehead atoms. The topological polar surface area (TPSA) is 35.6 Å². The van der Waals surface area contributed by atoms with Crippen LogP contribution in [-0.4, -0.2) is 42.5 Å². The number of nitrogens with zero attached hydrogens (tertiary/aromatic N) is 2. The molecule has 0 aromatic heterocycles. The molecular weight excluding hydrogens is 358 g/mol. The first-order valence-corrected chi connectivity index (χ1v) is 10.8. The molecule has 150 valence electrons. The van der Waals surface area contributed by atoms with Crippen LogP contribution >= 0.6 is 0 Å². The van der Waals surface area contributed by atoms with Gasteiger partial charge in [-0.05, 0) is 56.0 Å². The zero-order chi connectivity index (χ0) is 19.8. The number of carbonyl (C=O) groups excluding carboxylic acids is 1. The Balaban J connectivity index is 1.30. The van der Waals surface area contributed by atoms with Crippen molar-refractivity contribution < 1.29 is 4.79 Å². The summed E-state index contributed by atoms with van der Waals surface area (Å²) in [6.45, 7) is 0.737. The highest BCUT2D eigenvalue weighted by molar-refractivity contribution is 6.06. The van der Waals surface area contributed by atoms with Crippen LogP contribution in [0.4, 0.5) is 11.4 Å². The van der Waals surface area contributed by atoms with Crippen LogP contribution in [0.15, 0.2) is 48.5 Å². The molecule has 1 amide bonds. The lowest BCUT2D eigenvalue weighted by Crippen LogP contribution is -2.47. The number of carbonyl (C=O) groups is 1. The molecule has 2 fully saturated rings. The molecule has 1 N–H and O–H groups in total. The fourth-order valence-electron chi connectivity index (χ4n) is 5.32. The molecule has 3 aliphatic heterocycles. The Morgan fingerprint density at radius 1 is 0.931 bits per heavy atom. The predicted octanol–water partition coefficient (Wildman–Crippen LogP) is 4.44. The van der Waals surface area contributed by atoms with Crippen molar-refractivity contribution in [2.24, 2.45) is 0 Å². The van der Waals surface area contributed by atoms with Gasteiger partial charge in [0.1, 0.15) is 0 Å². The van der Waals surface area contributed by atoms with Gasteiger partial charge in [0.05, 0.1) is 11.4 Å². The van der Waals surface area contributed by atoms with Gasteiger partial charge in [-0.3, -0.25) is 9.69 Å². The van der Waals surface area contributed by atoms with Crippen LogP contribution in [0.2, 0.25) is 0 Å². The summed E-state index contributed by atoms with van der Waals surface area (Å²) in [4.78, 5) is 17.8. The summed E-state index contributed by atoms with van der Waals surface area (Å²) in [5.41, 5.74) is 4.10. The second kappa shape index (κ2) is 7.77. The summed E-state index contributed by atoms with van der Waals surface area (Å²) >= 11 is 0. The maximum atomic E-state index is 13.4. The molecule has 0 radical (unpaired) electrons. The average molecular weight is 388 g/mol. The normalized spacial score (nSPS) is 25.4. The van der Waals surface area contributed by atoms with Crippen molar-refractivity contribution in [3.63, 3.8) is 0 Å². The third-order valence-corrected chi connectivity index (χ3v) is 6.92. The van der Waals surface area contributed by atoms with Crippen LogP contribution in [0.3, 0.4) is 0 Å². The molecule has 3 heterocycles. The number of para-hydroxylation sites is 2. The minimum absolute atomic E-state index is 0.150. The van der Waals surface area contributed by atoms with Crippen LogP contribution in [0.25, 0.3) is 12.2 Å². The molecule has 2 saturated heterocycles. The SMILES string of the molecule is CN1C2CCC1CC(NCCC(=O)N1c3ccccc3C=Cc3ccccc31)C2. The van der Waals surface area contributed by atoms with Gasteiger partial charge in [-0.25, -0.2) is 0 Å². The summed E-state index contributed by atoms with van der Waals surface area (Å²) in [6.07, 6.45) is 9.78. The van der Waals surface area contributed by atoms with Gasteiger partial charge in [0.15, 0.2) is 0 Å². The molecular formula is C25H29N3O. The van der Waals surface area contributed by atoms with E-state index in [-0.39, 0.29) is 5.91 Å². The van der Waals surface area contributed by atoms with E-state index in [4.69, 9.17) is 0 Å². The molecule has 2 unspecified atom stereocenters. The van der Waals surface area contributed by atoms with E-state index >= 15 is 0 Å². The molecule has 0 saturated carbocycles. The van der Waals surface area contributed by atoms with Gasteiger partial charge in [-0.15, -0.1) is 0 Å². The van der Waals surface area contributed by atoms with Gasteiger partial charge in [-0.2, -0.15) is 0 Å². The van der Waals surface area contributed by atoms with E-state index in [9.17, 15) is 4.79 Å². The van der Waals surface area contributed by atoms with Gasteiger partial charge >= 0.3 is 0 Å². The zero-order valence-corrected chi connectivity index (χ0v) is 17.1. The van der Waals surface area contributed by atoms with Gasteiger partial charge in [0, 0.05) is 31.1 Å². The van der Waals surface area contributed by atoms with Crippen LogP contribution in [0.5, 0.6) is 0 Å². The summed E-state index contributed by atoms with van der Waals surface area (Å²) < 4.78 is 0. The molecule has 2 aromatic rings. The quantitative estimate of drug-likeness (QED) is 0.842. The molecule has 4 heteroatoms. The highest BCUT2D eigenvalue weighted by Crippen LogP contribution is 2.37. The number of piperidine rings is 1. The Morgan fingerprint density at radius 3 is 2.07 bits per heavy atom. The lowest BCUT2D eigenvalue weighted by Gasteiger charge is -2.36. The number of anilines is 2. The van der Waals surface area contributed by atoms with Crippen molar-refractivity contribution in [3.05, 3.63) is 59.7 Å². The maximum Gasteiger partial charge on any atom is 0.232 e. The third kappa shape index (κ3) is 3.52. The number of amides is 1. The standard InChI is InChI=1S/C25H29N3O/c1-27-21-12-13-22(27)17-20(16-21)26-15-14-25(29)28-23-8-4-2-6-18(23)10-11-19-7-3-5-9-24(19)28/h2-11,20-22,26H,12-17H2,1H3. The molecule has 2 aromatic carbocycles. The Bertz CT molecular complexity index is 874. The van der Waals surface area contributed by atoms with Crippen LogP contribution < -0.4 is 10.2 Å². The highest BCUT2D eigenvalue weighted by atomic mass is 16.2. The number of fused-ring (bicyclic) bond motifs is 4. The number of hydrogen-bond donors (Lipinski definition) is 1. The van der Waals surface area contributed by atoms with Crippen LogP contribution in [0.1, 0.15) is 43.2 Å². The maximum absolute atomic E-state index is 13.4. The second-order valence-electron chi connectivity index (χ2n) is 8.60. The van der Waals surface area contributed by atoms with Gasteiger partial charge in [0.25, 0.3) is 0 Å². The highest BCUT2D eigenvalue weighted by Gasteiger charge is 2.38. The van der Waals surface area contributed by atoms with E-state index in [2.05, 4.69) is 41.5 Å². The lowest BCUT2D eigenvalue weighted by molar-refractivity contribution is -0.117. The van der Waals surface area contributed by atoms with Crippen molar-refractivity contribution in [2.45, 2.75) is 50.2 Å². The number of hydrogen-bond acceptors (Lipinski definition) is 3. The van der Waals surface area contributed by atoms with E-state index in [1.54, 1.807) is 0 Å². The van der Waals surface area contributed by atoms with Crippen molar-refractivity contribution in [1.82, 2.24) is 10.2 Å². The first kappa shape index (κ1) is 18.6. The van der Waals surface area contributed by atoms with E-state index in [0.717, 1.165) is 41.1 Å². The molecule has 3 aliphatic rings. The van der Waals surface area contributed by atoms with E-state index in [1.807, 2.05) is 41.3 Å². The minimum Gasteiger partial charge on any atom is -0.313 e. The van der Waals surface area contributed by atoms with Crippen LogP contribution in [0, 0.1) is 0 Å². The summed E-state index contributed by atoms with van der Waals surface area (Å²) in [5.74, 6) is 0.150. The predicted molar refractivity (Wildman–Crippen MR) is 119 cm³/mol. The number of rotatable bonds is 4. The molecule has 0 spiro atoms. The Morgan fingerprint density at radius 2 is 1.48 bits per heavy atom. The first-order valence-electron chi connectivity index (χ1n) is 10.8. The number of benzene rings is 2. The van der Waals surface area contributed by atoms with Gasteiger partial charge in [0.2, 0.25) is 5.91 Å². The zero-order valence-electron chi connectivity index (χ0n) is 17.1. The van der Waals surface area contributed by atoms with Crippen molar-refractivity contribution in [1.29, 1.82) is 0 Å². The average Bonchev–Trinajstić information content (AvgIpc) is 2.91. The summed E-state index contributed by atoms with van der Waals surface area (Å²) in [6, 6.07) is 18.3. The molecule has 0 aliphatic carbocycles. The van der Waals surface area contributed by atoms with Crippen molar-refractivity contribution in [2.75, 3.05) is 18.5 Å². The van der Waals surface area contributed by atoms with E-state index in [0.29, 0.717) is 12.5 Å². The Labute approximate surface area is 173 Å². The monoisotopic (exact) mass is 387 g/mol. The summed E-state index contributed by atoms with van der Waals surface area (Å²) in [5, 5.41) is 3.69. The van der Waals surface area contributed by atoms with E-state index in [1.165, 1.54) is 25.7 Å². The van der Waals surface area contributed by atoms with Crippen molar-refractivity contribution >= 4 is 29.4 Å². The Hall–Kier alpha value is -2.43. The second-order valence-corrected chi connectivity index (χ2v) is 8.60. The fraction of sp³-hybridized carbons (Fsp3) is 0.400. The molecule has 2 atom stereocenters. The minimum atomic E-state index is 0.150. The fourth-order valence-corrected chi connectivity index (χ4v) is 5.32. The first-order chi connectivity index (χ1) is 14.2. The van der Waals surface area contributed by atoms with Gasteiger partial charge in [-0.1, -0.05) is 48.6 Å². The third-order valence-electron chi connectivity index (χ3n) is 6.92. The molecule has 4 nitrogen and oxygen atoms in total. The van der Waals surface area contributed by atoms with E-state index < -0.39 is 0 Å². The van der Waals surface area contributed by atoms with Gasteiger partial charge < -0.3 is 10.2 Å². The Kier molecular flexibility index (Phi) is 4.98. The summed E-state index contributed by atoms with van der Waals surface area (Å²) in [7, 11) is 2.27. The lowest BCUT2D eigenvalue weighted by atomic mass is 9.98.